The van der Waals surface area contributed by atoms with Crippen LogP contribution < -0.4 is 0 Å². The number of rotatable bonds is 4. The normalized spacial score (nSPS) is 31.4. The van der Waals surface area contributed by atoms with Crippen molar-refractivity contribution in [3.05, 3.63) is 34.9 Å². The summed E-state index contributed by atoms with van der Waals surface area (Å²) < 4.78 is 20.0. The van der Waals surface area contributed by atoms with Gasteiger partial charge in [0.2, 0.25) is 0 Å². The van der Waals surface area contributed by atoms with Gasteiger partial charge in [0.05, 0.1) is 25.7 Å². The molecule has 3 aliphatic carbocycles. The van der Waals surface area contributed by atoms with Crippen molar-refractivity contribution in [3.63, 3.8) is 0 Å². The van der Waals surface area contributed by atoms with E-state index >= 15 is 0 Å². The molecule has 1 aromatic carbocycles. The zero-order chi connectivity index (χ0) is 20.4. The molecule has 5 rings (SSSR count). The third-order valence-corrected chi connectivity index (χ3v) is 9.78. The monoisotopic (exact) mass is 416 g/mol. The van der Waals surface area contributed by atoms with E-state index in [1.165, 1.54) is 44.8 Å². The molecule has 1 aliphatic heterocycles. The van der Waals surface area contributed by atoms with Gasteiger partial charge in [0.25, 0.3) is 0 Å². The maximum Gasteiger partial charge on any atom is 0.409 e. The molecule has 0 aromatic heterocycles. The van der Waals surface area contributed by atoms with Crippen LogP contribution in [0.3, 0.4) is 0 Å². The Kier molecular flexibility index (Phi) is 4.68. The lowest BCUT2D eigenvalue weighted by Crippen LogP contribution is -2.67. The highest BCUT2D eigenvalue weighted by atomic mass is 32.2. The molecule has 0 radical (unpaired) electrons. The number of ether oxygens (including phenoxy) is 1. The van der Waals surface area contributed by atoms with Gasteiger partial charge < -0.3 is 14.2 Å². The van der Waals surface area contributed by atoms with Crippen molar-refractivity contribution in [2.24, 2.45) is 5.41 Å². The van der Waals surface area contributed by atoms with Crippen molar-refractivity contribution in [2.75, 3.05) is 27.2 Å². The van der Waals surface area contributed by atoms with Crippen LogP contribution in [0.4, 0.5) is 4.79 Å². The predicted octanol–water partition coefficient (Wildman–Crippen LogP) is 3.64. The minimum atomic E-state index is -0.930. The van der Waals surface area contributed by atoms with Crippen molar-refractivity contribution in [2.45, 2.75) is 68.6 Å². The van der Waals surface area contributed by atoms with Crippen LogP contribution in [-0.4, -0.2) is 57.9 Å². The van der Waals surface area contributed by atoms with Crippen LogP contribution in [0.5, 0.6) is 0 Å². The lowest BCUT2D eigenvalue weighted by atomic mass is 9.57. The molecular formula is C23H32N2O3S. The van der Waals surface area contributed by atoms with Crippen LogP contribution in [-0.2, 0) is 28.9 Å². The molecule has 1 atom stereocenters. The molecule has 29 heavy (non-hydrogen) atoms. The fourth-order valence-corrected chi connectivity index (χ4v) is 8.29. The SMILES string of the molecule is COC(=O)N(C)[C@]1(C)C[C@H]([S+]([O-])N2CC3(CC(c4ccc5c(c4)CCC5)C3)C2)C1. The first-order chi connectivity index (χ1) is 13.8. The van der Waals surface area contributed by atoms with E-state index in [-0.39, 0.29) is 16.9 Å². The quantitative estimate of drug-likeness (QED) is 0.703. The van der Waals surface area contributed by atoms with Crippen LogP contribution in [0, 0.1) is 5.41 Å². The van der Waals surface area contributed by atoms with Crippen molar-refractivity contribution < 1.29 is 14.1 Å². The Morgan fingerprint density at radius 1 is 1.21 bits per heavy atom. The summed E-state index contributed by atoms with van der Waals surface area (Å²) >= 11 is -0.930. The number of carbonyl (C=O) groups is 1. The van der Waals surface area contributed by atoms with Gasteiger partial charge in [0.1, 0.15) is 5.25 Å². The number of nitrogens with zero attached hydrogens (tertiary/aromatic N) is 2. The van der Waals surface area contributed by atoms with E-state index in [0.29, 0.717) is 11.3 Å². The summed E-state index contributed by atoms with van der Waals surface area (Å²) in [6.45, 7) is 4.00. The Morgan fingerprint density at radius 3 is 2.59 bits per heavy atom. The summed E-state index contributed by atoms with van der Waals surface area (Å²) in [7, 11) is 3.18. The first-order valence-corrected chi connectivity index (χ1v) is 12.1. The third kappa shape index (κ3) is 3.19. The zero-order valence-electron chi connectivity index (χ0n) is 17.8. The Hall–Kier alpha value is -1.24. The smallest absolute Gasteiger partial charge is 0.409 e. The fraction of sp³-hybridized carbons (Fsp3) is 0.696. The molecular weight excluding hydrogens is 384 g/mol. The Morgan fingerprint density at radius 2 is 1.90 bits per heavy atom. The summed E-state index contributed by atoms with van der Waals surface area (Å²) in [6.07, 6.45) is 7.55. The molecule has 6 heteroatoms. The third-order valence-electron chi connectivity index (χ3n) is 8.11. The van der Waals surface area contributed by atoms with Gasteiger partial charge in [-0.05, 0) is 61.6 Å². The van der Waals surface area contributed by atoms with Gasteiger partial charge in [-0.1, -0.05) is 18.2 Å². The molecule has 1 saturated heterocycles. The highest BCUT2D eigenvalue weighted by Crippen LogP contribution is 2.57. The second-order valence-electron chi connectivity index (χ2n) is 10.1. The summed E-state index contributed by atoms with van der Waals surface area (Å²) in [5.74, 6) is 0.692. The van der Waals surface area contributed by atoms with Gasteiger partial charge in [-0.15, -0.1) is 4.31 Å². The molecule has 0 bridgehead atoms. The molecule has 1 heterocycles. The number of methoxy groups -OCH3 is 1. The first kappa shape index (κ1) is 19.7. The van der Waals surface area contributed by atoms with Crippen LogP contribution in [0.2, 0.25) is 0 Å². The molecule has 158 valence electrons. The van der Waals surface area contributed by atoms with Gasteiger partial charge in [0.15, 0.2) is 0 Å². The van der Waals surface area contributed by atoms with E-state index in [9.17, 15) is 9.35 Å². The maximum absolute atomic E-state index is 13.0. The number of fused-ring (bicyclic) bond motifs is 1. The van der Waals surface area contributed by atoms with Crippen LogP contribution >= 0.6 is 0 Å². The summed E-state index contributed by atoms with van der Waals surface area (Å²) in [4.78, 5) is 13.4. The zero-order valence-corrected chi connectivity index (χ0v) is 18.6. The molecule has 0 N–H and O–H groups in total. The summed E-state index contributed by atoms with van der Waals surface area (Å²) in [6, 6.07) is 7.16. The van der Waals surface area contributed by atoms with Crippen molar-refractivity contribution in [1.82, 2.24) is 9.21 Å². The number of aryl methyl sites for hydroxylation is 2. The van der Waals surface area contributed by atoms with E-state index in [4.69, 9.17) is 4.74 Å². The van der Waals surface area contributed by atoms with Gasteiger partial charge in [-0.25, -0.2) is 4.79 Å². The minimum Gasteiger partial charge on any atom is -0.598 e. The average Bonchev–Trinajstić information content (AvgIpc) is 3.09. The minimum absolute atomic E-state index is 0.164. The predicted molar refractivity (Wildman–Crippen MR) is 114 cm³/mol. The largest absolute Gasteiger partial charge is 0.598 e. The molecule has 3 fully saturated rings. The van der Waals surface area contributed by atoms with E-state index in [1.807, 2.05) is 0 Å². The first-order valence-electron chi connectivity index (χ1n) is 10.9. The molecule has 4 aliphatic rings. The second-order valence-corrected chi connectivity index (χ2v) is 11.9. The number of amides is 1. The van der Waals surface area contributed by atoms with E-state index in [2.05, 4.69) is 29.4 Å². The molecule has 5 nitrogen and oxygen atoms in total. The van der Waals surface area contributed by atoms with Crippen LogP contribution in [0.1, 0.15) is 61.6 Å². The Balaban J connectivity index is 1.11. The van der Waals surface area contributed by atoms with Gasteiger partial charge in [0, 0.05) is 36.7 Å². The van der Waals surface area contributed by atoms with E-state index in [0.717, 1.165) is 25.9 Å². The number of carbonyl (C=O) groups excluding carboxylic acids is 1. The maximum atomic E-state index is 13.0. The lowest BCUT2D eigenvalue weighted by Gasteiger charge is -2.59. The van der Waals surface area contributed by atoms with Crippen LogP contribution in [0.25, 0.3) is 0 Å². The van der Waals surface area contributed by atoms with Gasteiger partial charge >= 0.3 is 6.09 Å². The molecule has 2 saturated carbocycles. The Bertz CT molecular complexity index is 808. The van der Waals surface area contributed by atoms with Crippen molar-refractivity contribution in [1.29, 1.82) is 0 Å². The Labute approximate surface area is 177 Å². The summed E-state index contributed by atoms with van der Waals surface area (Å²) in [5, 5.41) is 0.164. The molecule has 1 amide bonds. The fourth-order valence-electron chi connectivity index (χ4n) is 6.06. The van der Waals surface area contributed by atoms with E-state index in [1.54, 1.807) is 23.1 Å². The molecule has 1 aromatic rings. The average molecular weight is 417 g/mol. The topological polar surface area (TPSA) is 55.8 Å². The van der Waals surface area contributed by atoms with Crippen LogP contribution in [0.15, 0.2) is 18.2 Å². The summed E-state index contributed by atoms with van der Waals surface area (Å²) in [5.41, 5.74) is 4.82. The van der Waals surface area contributed by atoms with Gasteiger partial charge in [-0.3, -0.25) is 0 Å². The standard InChI is InChI=1S/C23H32N2O3S/c1-22(24(2)21(26)28-3)12-20(13-22)29(27)25-14-23(15-25)10-19(11-23)18-8-7-16-5-4-6-17(16)9-18/h7-9,19-20H,4-6,10-15H2,1-3H3/t20-,22+,29?. The molecule has 1 unspecified atom stereocenters. The number of hydrogen-bond acceptors (Lipinski definition) is 4. The van der Waals surface area contributed by atoms with E-state index < -0.39 is 11.4 Å². The number of hydrogen-bond donors (Lipinski definition) is 0. The highest BCUT2D eigenvalue weighted by molar-refractivity contribution is 7.89. The molecule has 1 spiro atoms. The number of benzene rings is 1. The van der Waals surface area contributed by atoms with Crippen molar-refractivity contribution >= 4 is 17.5 Å². The lowest BCUT2D eigenvalue weighted by molar-refractivity contribution is -0.0283. The van der Waals surface area contributed by atoms with Crippen molar-refractivity contribution in [3.8, 4) is 0 Å². The van der Waals surface area contributed by atoms with Gasteiger partial charge in [-0.2, -0.15) is 0 Å². The highest BCUT2D eigenvalue weighted by Gasteiger charge is 2.60. The second kappa shape index (κ2) is 6.89.